The summed E-state index contributed by atoms with van der Waals surface area (Å²) in [5, 5.41) is 8.11. The Bertz CT molecular complexity index is 357. The van der Waals surface area contributed by atoms with Gasteiger partial charge in [-0.2, -0.15) is 5.26 Å². The molecule has 0 heterocycles. The Morgan fingerprint density at radius 2 is 2.14 bits per heavy atom. The van der Waals surface area contributed by atoms with Gasteiger partial charge in [-0.3, -0.25) is 0 Å². The lowest BCUT2D eigenvalue weighted by atomic mass is 10.1. The van der Waals surface area contributed by atoms with Crippen molar-refractivity contribution in [1.29, 1.82) is 5.26 Å². The maximum absolute atomic E-state index is 8.52. The van der Waals surface area contributed by atoms with Gasteiger partial charge in [-0.15, -0.1) is 23.4 Å². The summed E-state index contributed by atoms with van der Waals surface area (Å²) < 4.78 is 0. The van der Waals surface area contributed by atoms with Crippen LogP contribution in [0.2, 0.25) is 0 Å². The predicted octanol–water partition coefficient (Wildman–Crippen LogP) is 3.53. The van der Waals surface area contributed by atoms with Crippen molar-refractivity contribution in [2.24, 2.45) is 0 Å². The standard InChI is InChI=1S/C11H12ClNS/c1-8-3-4-11(5-9(8)2)14-7-10(12)6-13/h3-5,10H,7H2,1-2H3. The summed E-state index contributed by atoms with van der Waals surface area (Å²) in [7, 11) is 0. The van der Waals surface area contributed by atoms with Crippen LogP contribution in [0.5, 0.6) is 0 Å². The molecule has 0 aliphatic rings. The highest BCUT2D eigenvalue weighted by Gasteiger charge is 2.03. The van der Waals surface area contributed by atoms with Crippen molar-refractivity contribution in [1.82, 2.24) is 0 Å². The molecule has 14 heavy (non-hydrogen) atoms. The summed E-state index contributed by atoms with van der Waals surface area (Å²) >= 11 is 7.33. The SMILES string of the molecule is Cc1ccc(SCC(Cl)C#N)cc1C. The van der Waals surface area contributed by atoms with Crippen LogP contribution in [0, 0.1) is 25.2 Å². The van der Waals surface area contributed by atoms with E-state index in [-0.39, 0.29) is 0 Å². The van der Waals surface area contributed by atoms with Crippen LogP contribution in [-0.2, 0) is 0 Å². The number of nitrogens with zero attached hydrogens (tertiary/aromatic N) is 1. The first-order valence-electron chi connectivity index (χ1n) is 4.37. The number of hydrogen-bond donors (Lipinski definition) is 0. The second kappa shape index (κ2) is 5.29. The Morgan fingerprint density at radius 3 is 2.71 bits per heavy atom. The molecule has 1 nitrogen and oxygen atoms in total. The lowest BCUT2D eigenvalue weighted by Crippen LogP contribution is -1.96. The third-order valence-corrected chi connectivity index (χ3v) is 3.54. The van der Waals surface area contributed by atoms with Gasteiger partial charge in [0.05, 0.1) is 6.07 Å². The fourth-order valence-electron chi connectivity index (χ4n) is 1.01. The molecule has 3 heteroatoms. The van der Waals surface area contributed by atoms with Gasteiger partial charge in [0.2, 0.25) is 0 Å². The average molecular weight is 226 g/mol. The number of benzene rings is 1. The Kier molecular flexibility index (Phi) is 4.31. The van der Waals surface area contributed by atoms with E-state index < -0.39 is 5.38 Å². The molecule has 1 unspecified atom stereocenters. The van der Waals surface area contributed by atoms with Crippen molar-refractivity contribution in [3.63, 3.8) is 0 Å². The van der Waals surface area contributed by atoms with Crippen molar-refractivity contribution in [3.8, 4) is 6.07 Å². The van der Waals surface area contributed by atoms with Crippen molar-refractivity contribution >= 4 is 23.4 Å². The smallest absolute Gasteiger partial charge is 0.129 e. The van der Waals surface area contributed by atoms with E-state index in [0.717, 1.165) is 0 Å². The molecular formula is C11H12ClNS. The van der Waals surface area contributed by atoms with Gasteiger partial charge in [-0.1, -0.05) is 6.07 Å². The first-order valence-corrected chi connectivity index (χ1v) is 5.79. The zero-order valence-electron chi connectivity index (χ0n) is 8.25. The molecule has 1 aromatic rings. The van der Waals surface area contributed by atoms with Crippen molar-refractivity contribution < 1.29 is 0 Å². The van der Waals surface area contributed by atoms with Gasteiger partial charge in [0.25, 0.3) is 0 Å². The molecule has 0 fully saturated rings. The van der Waals surface area contributed by atoms with Crippen LogP contribution in [0.15, 0.2) is 23.1 Å². The zero-order chi connectivity index (χ0) is 10.6. The molecule has 0 bridgehead atoms. The van der Waals surface area contributed by atoms with Crippen LogP contribution in [0.3, 0.4) is 0 Å². The number of rotatable bonds is 3. The highest BCUT2D eigenvalue weighted by molar-refractivity contribution is 7.99. The maximum Gasteiger partial charge on any atom is 0.129 e. The number of hydrogen-bond acceptors (Lipinski definition) is 2. The summed E-state index contributed by atoms with van der Waals surface area (Å²) in [6.45, 7) is 4.17. The number of nitriles is 1. The summed E-state index contributed by atoms with van der Waals surface area (Å²) in [5.74, 6) is 0.639. The monoisotopic (exact) mass is 225 g/mol. The Hall–Kier alpha value is -0.650. The van der Waals surface area contributed by atoms with E-state index in [1.54, 1.807) is 11.8 Å². The average Bonchev–Trinajstić information content (AvgIpc) is 2.19. The fraction of sp³-hybridized carbons (Fsp3) is 0.364. The van der Waals surface area contributed by atoms with Gasteiger partial charge in [0.15, 0.2) is 0 Å². The van der Waals surface area contributed by atoms with Gasteiger partial charge < -0.3 is 0 Å². The topological polar surface area (TPSA) is 23.8 Å². The van der Waals surface area contributed by atoms with Crippen molar-refractivity contribution in [2.75, 3.05) is 5.75 Å². The Morgan fingerprint density at radius 1 is 1.43 bits per heavy atom. The molecule has 1 aromatic carbocycles. The summed E-state index contributed by atoms with van der Waals surface area (Å²) in [6.07, 6.45) is 0. The number of halogens is 1. The van der Waals surface area contributed by atoms with Crippen LogP contribution in [0.25, 0.3) is 0 Å². The van der Waals surface area contributed by atoms with Crippen LogP contribution >= 0.6 is 23.4 Å². The summed E-state index contributed by atoms with van der Waals surface area (Å²) in [6, 6.07) is 8.29. The molecule has 0 spiro atoms. The molecule has 0 saturated carbocycles. The number of aryl methyl sites for hydroxylation is 2. The van der Waals surface area contributed by atoms with Gasteiger partial charge in [0, 0.05) is 10.6 Å². The van der Waals surface area contributed by atoms with E-state index >= 15 is 0 Å². The number of thioether (sulfide) groups is 1. The second-order valence-electron chi connectivity index (χ2n) is 3.15. The molecule has 0 aliphatic carbocycles. The Labute approximate surface area is 94.1 Å². The van der Waals surface area contributed by atoms with Crippen LogP contribution in [0.1, 0.15) is 11.1 Å². The first-order chi connectivity index (χ1) is 6.63. The lowest BCUT2D eigenvalue weighted by Gasteiger charge is -2.04. The van der Waals surface area contributed by atoms with E-state index in [1.807, 2.05) is 6.07 Å². The van der Waals surface area contributed by atoms with Crippen molar-refractivity contribution in [3.05, 3.63) is 29.3 Å². The lowest BCUT2D eigenvalue weighted by molar-refractivity contribution is 1.23. The predicted molar refractivity (Wildman–Crippen MR) is 61.9 cm³/mol. The van der Waals surface area contributed by atoms with Gasteiger partial charge in [0.1, 0.15) is 5.38 Å². The van der Waals surface area contributed by atoms with E-state index in [9.17, 15) is 0 Å². The van der Waals surface area contributed by atoms with Gasteiger partial charge >= 0.3 is 0 Å². The molecular weight excluding hydrogens is 214 g/mol. The highest BCUT2D eigenvalue weighted by Crippen LogP contribution is 2.22. The summed E-state index contributed by atoms with van der Waals surface area (Å²) in [5.41, 5.74) is 2.56. The van der Waals surface area contributed by atoms with Crippen LogP contribution in [-0.4, -0.2) is 11.1 Å². The molecule has 1 rings (SSSR count). The minimum absolute atomic E-state index is 0.401. The fourth-order valence-corrected chi connectivity index (χ4v) is 2.04. The Balaban J connectivity index is 2.61. The molecule has 0 N–H and O–H groups in total. The van der Waals surface area contributed by atoms with Crippen LogP contribution in [0.4, 0.5) is 0 Å². The molecule has 0 radical (unpaired) electrons. The van der Waals surface area contributed by atoms with Gasteiger partial charge in [-0.25, -0.2) is 0 Å². The van der Waals surface area contributed by atoms with Crippen LogP contribution < -0.4 is 0 Å². The molecule has 74 valence electrons. The molecule has 0 aromatic heterocycles. The minimum Gasteiger partial charge on any atom is -0.197 e. The molecule has 0 saturated heterocycles. The first kappa shape index (κ1) is 11.4. The molecule has 0 aliphatic heterocycles. The third kappa shape index (κ3) is 3.25. The largest absolute Gasteiger partial charge is 0.197 e. The molecule has 1 atom stereocenters. The second-order valence-corrected chi connectivity index (χ2v) is 4.77. The maximum atomic E-state index is 8.52. The normalized spacial score (nSPS) is 12.1. The highest BCUT2D eigenvalue weighted by atomic mass is 35.5. The van der Waals surface area contributed by atoms with E-state index in [2.05, 4.69) is 32.0 Å². The van der Waals surface area contributed by atoms with Crippen molar-refractivity contribution in [2.45, 2.75) is 24.1 Å². The summed E-state index contributed by atoms with van der Waals surface area (Å²) in [4.78, 5) is 1.18. The van der Waals surface area contributed by atoms with E-state index in [0.29, 0.717) is 5.75 Å². The van der Waals surface area contributed by atoms with Gasteiger partial charge in [-0.05, 0) is 37.1 Å². The quantitative estimate of drug-likeness (QED) is 0.581. The van der Waals surface area contributed by atoms with E-state index in [4.69, 9.17) is 16.9 Å². The molecule has 0 amide bonds. The zero-order valence-corrected chi connectivity index (χ0v) is 9.82. The minimum atomic E-state index is -0.401. The third-order valence-electron chi connectivity index (χ3n) is 2.01. The van der Waals surface area contributed by atoms with E-state index in [1.165, 1.54) is 16.0 Å². The number of alkyl halides is 1.